The van der Waals surface area contributed by atoms with E-state index >= 15 is 0 Å². The standard InChI is InChI=1S/C30H33F3N4O4S/c1-16-10-17(12-18(11-16)35-29(39)41-30(2,3)4)20-8-9-34-15-25(20)37-28(38)24-7-6-21(31)27(36-24)26-22(32)13-19(42(5)40)14-23(26)33/h6-9,13-18H,10-12H2,1-5H3,(H,35,39)(H,37,38)/t16-,17+,18-,42-/m0/s1. The van der Waals surface area contributed by atoms with E-state index in [2.05, 4.69) is 27.5 Å². The molecule has 2 N–H and O–H groups in total. The summed E-state index contributed by atoms with van der Waals surface area (Å²) in [6.45, 7) is 7.47. The van der Waals surface area contributed by atoms with Gasteiger partial charge in [-0.3, -0.25) is 14.0 Å². The number of halogens is 3. The number of hydrogen-bond donors (Lipinski definition) is 2. The molecule has 42 heavy (non-hydrogen) atoms. The van der Waals surface area contributed by atoms with Crippen molar-refractivity contribution in [2.45, 2.75) is 69.4 Å². The number of pyridine rings is 2. The molecule has 1 saturated carbocycles. The van der Waals surface area contributed by atoms with Crippen LogP contribution >= 0.6 is 0 Å². The van der Waals surface area contributed by atoms with E-state index in [1.807, 2.05) is 0 Å². The molecule has 0 bridgehead atoms. The van der Waals surface area contributed by atoms with Crippen LogP contribution in [0.2, 0.25) is 0 Å². The van der Waals surface area contributed by atoms with Crippen LogP contribution in [0.1, 0.15) is 68.9 Å². The number of carbonyl (C=O) groups excluding carboxylic acids is 2. The monoisotopic (exact) mass is 602 g/mol. The zero-order valence-electron chi connectivity index (χ0n) is 24.0. The Kier molecular flexibility index (Phi) is 9.34. The van der Waals surface area contributed by atoms with Gasteiger partial charge in [0.25, 0.3) is 5.91 Å². The lowest BCUT2D eigenvalue weighted by Crippen LogP contribution is -2.42. The minimum absolute atomic E-state index is 0.0328. The number of nitrogens with one attached hydrogen (secondary N) is 2. The highest BCUT2D eigenvalue weighted by atomic mass is 32.2. The van der Waals surface area contributed by atoms with Crippen LogP contribution in [-0.2, 0) is 15.5 Å². The van der Waals surface area contributed by atoms with Gasteiger partial charge in [0, 0.05) is 34.2 Å². The zero-order valence-corrected chi connectivity index (χ0v) is 24.8. The van der Waals surface area contributed by atoms with Crippen molar-refractivity contribution in [1.29, 1.82) is 0 Å². The lowest BCUT2D eigenvalue weighted by atomic mass is 9.76. The number of hydrogen-bond acceptors (Lipinski definition) is 6. The predicted octanol–water partition coefficient (Wildman–Crippen LogP) is 6.35. The second kappa shape index (κ2) is 12.6. The van der Waals surface area contributed by atoms with E-state index in [4.69, 9.17) is 4.74 Å². The molecule has 1 aliphatic carbocycles. The van der Waals surface area contributed by atoms with Gasteiger partial charge in [0.05, 0.1) is 17.4 Å². The molecule has 12 heteroatoms. The van der Waals surface area contributed by atoms with Gasteiger partial charge in [-0.15, -0.1) is 0 Å². The topological polar surface area (TPSA) is 110 Å². The average molecular weight is 603 g/mol. The molecule has 1 aromatic carbocycles. The summed E-state index contributed by atoms with van der Waals surface area (Å²) in [5.74, 6) is -3.83. The molecule has 3 aromatic rings. The molecule has 224 valence electrons. The van der Waals surface area contributed by atoms with E-state index in [0.29, 0.717) is 12.1 Å². The van der Waals surface area contributed by atoms with Crippen molar-refractivity contribution in [2.24, 2.45) is 5.92 Å². The van der Waals surface area contributed by atoms with Crippen molar-refractivity contribution in [1.82, 2.24) is 15.3 Å². The Morgan fingerprint density at radius 2 is 1.71 bits per heavy atom. The lowest BCUT2D eigenvalue weighted by molar-refractivity contribution is 0.0482. The van der Waals surface area contributed by atoms with Crippen LogP contribution in [0.5, 0.6) is 0 Å². The molecule has 1 aliphatic rings. The van der Waals surface area contributed by atoms with E-state index < -0.39 is 57.1 Å². The predicted molar refractivity (Wildman–Crippen MR) is 153 cm³/mol. The summed E-state index contributed by atoms with van der Waals surface area (Å²) in [6.07, 6.45) is 6.03. The number of anilines is 1. The number of amides is 2. The Morgan fingerprint density at radius 3 is 2.36 bits per heavy atom. The molecule has 4 rings (SSSR count). The molecule has 0 unspecified atom stereocenters. The molecule has 2 heterocycles. The normalized spacial score (nSPS) is 19.6. The zero-order chi connectivity index (χ0) is 30.8. The van der Waals surface area contributed by atoms with Crippen molar-refractivity contribution < 1.29 is 31.7 Å². The summed E-state index contributed by atoms with van der Waals surface area (Å²) in [4.78, 5) is 33.6. The SMILES string of the molecule is C[C@@H]1C[C@H](NC(=O)OC(C)(C)C)C[C@H](c2ccncc2NC(=O)c2ccc(F)c(-c3c(F)cc([S@](C)=O)cc3F)n2)C1. The van der Waals surface area contributed by atoms with Crippen LogP contribution < -0.4 is 10.6 Å². The van der Waals surface area contributed by atoms with Crippen LogP contribution in [0.15, 0.2) is 47.6 Å². The Bertz CT molecular complexity index is 1510. The van der Waals surface area contributed by atoms with E-state index in [-0.39, 0.29) is 28.5 Å². The van der Waals surface area contributed by atoms with Crippen molar-refractivity contribution in [3.63, 3.8) is 0 Å². The van der Waals surface area contributed by atoms with Crippen molar-refractivity contribution in [3.8, 4) is 11.3 Å². The fraction of sp³-hybridized carbons (Fsp3) is 0.400. The second-order valence-corrected chi connectivity index (χ2v) is 12.9. The third kappa shape index (κ3) is 7.53. The maximum atomic E-state index is 14.8. The van der Waals surface area contributed by atoms with Gasteiger partial charge in [0.1, 0.15) is 34.4 Å². The van der Waals surface area contributed by atoms with Crippen molar-refractivity contribution >= 4 is 28.5 Å². The lowest BCUT2D eigenvalue weighted by Gasteiger charge is -2.35. The minimum Gasteiger partial charge on any atom is -0.444 e. The highest BCUT2D eigenvalue weighted by molar-refractivity contribution is 7.84. The Hall–Kier alpha value is -3.80. The number of ether oxygens (including phenoxy) is 1. The molecule has 0 saturated heterocycles. The summed E-state index contributed by atoms with van der Waals surface area (Å²) in [6, 6.07) is 5.35. The molecule has 2 aromatic heterocycles. The van der Waals surface area contributed by atoms with Crippen LogP contribution in [0.4, 0.5) is 23.7 Å². The molecule has 0 spiro atoms. The third-order valence-corrected chi connectivity index (χ3v) is 7.77. The first kappa shape index (κ1) is 31.1. The van der Waals surface area contributed by atoms with Crippen LogP contribution in [0.25, 0.3) is 11.3 Å². The molecule has 4 atom stereocenters. The number of aromatic nitrogens is 2. The van der Waals surface area contributed by atoms with E-state index in [0.717, 1.165) is 42.7 Å². The third-order valence-electron chi connectivity index (χ3n) is 6.87. The minimum atomic E-state index is -1.66. The molecular formula is C30H33F3N4O4S. The van der Waals surface area contributed by atoms with Crippen molar-refractivity contribution in [3.05, 3.63) is 71.4 Å². The van der Waals surface area contributed by atoms with Gasteiger partial charge in [-0.25, -0.2) is 22.9 Å². The number of nitrogens with zero attached hydrogens (tertiary/aromatic N) is 2. The smallest absolute Gasteiger partial charge is 0.407 e. The van der Waals surface area contributed by atoms with Gasteiger partial charge < -0.3 is 15.4 Å². The molecule has 8 nitrogen and oxygen atoms in total. The van der Waals surface area contributed by atoms with E-state index in [1.54, 1.807) is 33.0 Å². The number of benzene rings is 1. The number of carbonyl (C=O) groups is 2. The number of alkyl carbamates (subject to hydrolysis) is 1. The van der Waals surface area contributed by atoms with Crippen LogP contribution in [-0.4, -0.2) is 44.1 Å². The van der Waals surface area contributed by atoms with Gasteiger partial charge in [0.2, 0.25) is 0 Å². The maximum Gasteiger partial charge on any atom is 0.407 e. The van der Waals surface area contributed by atoms with Gasteiger partial charge in [-0.05, 0) is 87.8 Å². The molecule has 0 radical (unpaired) electrons. The summed E-state index contributed by atoms with van der Waals surface area (Å²) < 4.78 is 61.3. The fourth-order valence-electron chi connectivity index (χ4n) is 5.19. The highest BCUT2D eigenvalue weighted by Crippen LogP contribution is 2.39. The first-order valence-corrected chi connectivity index (χ1v) is 15.0. The summed E-state index contributed by atoms with van der Waals surface area (Å²) in [5.41, 5.74) is -1.16. The number of rotatable bonds is 6. The molecular weight excluding hydrogens is 569 g/mol. The van der Waals surface area contributed by atoms with Crippen LogP contribution in [0, 0.1) is 23.4 Å². The Labute approximate surface area is 244 Å². The van der Waals surface area contributed by atoms with Crippen LogP contribution in [0.3, 0.4) is 0 Å². The first-order valence-electron chi connectivity index (χ1n) is 13.5. The highest BCUT2D eigenvalue weighted by Gasteiger charge is 2.31. The van der Waals surface area contributed by atoms with E-state index in [9.17, 15) is 27.0 Å². The first-order chi connectivity index (χ1) is 19.7. The van der Waals surface area contributed by atoms with E-state index in [1.165, 1.54) is 12.5 Å². The summed E-state index contributed by atoms with van der Waals surface area (Å²) >= 11 is 0. The molecule has 1 fully saturated rings. The Balaban J connectivity index is 1.57. The summed E-state index contributed by atoms with van der Waals surface area (Å²) in [5, 5.41) is 5.70. The van der Waals surface area contributed by atoms with Crippen molar-refractivity contribution in [2.75, 3.05) is 11.6 Å². The molecule has 0 aliphatic heterocycles. The Morgan fingerprint density at radius 1 is 1.02 bits per heavy atom. The van der Waals surface area contributed by atoms with Gasteiger partial charge >= 0.3 is 6.09 Å². The van der Waals surface area contributed by atoms with Gasteiger partial charge in [-0.1, -0.05) is 6.92 Å². The maximum absolute atomic E-state index is 14.8. The average Bonchev–Trinajstić information content (AvgIpc) is 2.88. The largest absolute Gasteiger partial charge is 0.444 e. The quantitative estimate of drug-likeness (QED) is 0.340. The van der Waals surface area contributed by atoms with Gasteiger partial charge in [-0.2, -0.15) is 0 Å². The molecule has 2 amide bonds. The van der Waals surface area contributed by atoms with Gasteiger partial charge in [0.15, 0.2) is 0 Å². The summed E-state index contributed by atoms with van der Waals surface area (Å²) in [7, 11) is -1.66. The fourth-order valence-corrected chi connectivity index (χ4v) is 5.73. The second-order valence-electron chi connectivity index (χ2n) is 11.5.